The summed E-state index contributed by atoms with van der Waals surface area (Å²) in [6.45, 7) is 1.86. The van der Waals surface area contributed by atoms with Gasteiger partial charge in [-0.1, -0.05) is 0 Å². The summed E-state index contributed by atoms with van der Waals surface area (Å²) < 4.78 is 5.34. The van der Waals surface area contributed by atoms with E-state index in [4.69, 9.17) is 9.68 Å². The van der Waals surface area contributed by atoms with E-state index in [0.717, 1.165) is 36.6 Å². The Kier molecular flexibility index (Phi) is 2.90. The van der Waals surface area contributed by atoms with Gasteiger partial charge in [0.1, 0.15) is 11.8 Å². The molecule has 0 radical (unpaired) electrons. The predicted octanol–water partition coefficient (Wildman–Crippen LogP) is 2.68. The Labute approximate surface area is 102 Å². The number of hydrogen-bond acceptors (Lipinski definition) is 3. The van der Waals surface area contributed by atoms with Gasteiger partial charge >= 0.3 is 0 Å². The predicted molar refractivity (Wildman–Crippen MR) is 64.1 cm³/mol. The topological polar surface area (TPSA) is 49.0 Å². The molecule has 0 amide bonds. The van der Waals surface area contributed by atoms with Crippen molar-refractivity contribution >= 4 is 0 Å². The van der Waals surface area contributed by atoms with E-state index in [9.17, 15) is 0 Å². The number of nitrogens with zero attached hydrogens (tertiary/aromatic N) is 1. The Morgan fingerprint density at radius 2 is 2.00 bits per heavy atom. The molecule has 0 atom stereocenters. The fourth-order valence-corrected chi connectivity index (χ4v) is 2.66. The lowest BCUT2D eigenvalue weighted by Gasteiger charge is -2.15. The van der Waals surface area contributed by atoms with Crippen molar-refractivity contribution in [2.75, 3.05) is 6.54 Å². The Balaban J connectivity index is 1.46. The zero-order valence-corrected chi connectivity index (χ0v) is 9.98. The molecule has 2 aliphatic carbocycles. The monoisotopic (exact) mass is 230 g/mol. The molecule has 2 aliphatic rings. The summed E-state index contributed by atoms with van der Waals surface area (Å²) in [5.41, 5.74) is 0. The molecule has 3 rings (SSSR count). The Hall–Kier alpha value is -1.27. The second kappa shape index (κ2) is 4.54. The van der Waals surface area contributed by atoms with Crippen LogP contribution in [0.25, 0.3) is 0 Å². The SMILES string of the molecule is N#Cc1ccc(CNCC(C2CC2)C2CC2)o1. The number of rotatable bonds is 6. The molecule has 0 aromatic carbocycles. The molecular formula is C14H18N2O. The van der Waals surface area contributed by atoms with E-state index < -0.39 is 0 Å². The summed E-state index contributed by atoms with van der Waals surface area (Å²) in [5, 5.41) is 12.1. The highest BCUT2D eigenvalue weighted by molar-refractivity contribution is 5.18. The first-order valence-corrected chi connectivity index (χ1v) is 6.56. The zero-order valence-electron chi connectivity index (χ0n) is 9.98. The maximum Gasteiger partial charge on any atom is 0.203 e. The summed E-state index contributed by atoms with van der Waals surface area (Å²) in [6, 6.07) is 5.62. The van der Waals surface area contributed by atoms with Gasteiger partial charge in [0.2, 0.25) is 5.76 Å². The highest BCUT2D eigenvalue weighted by Gasteiger charge is 2.40. The number of nitrogens with one attached hydrogen (secondary N) is 1. The number of furan rings is 1. The van der Waals surface area contributed by atoms with Crippen LogP contribution in [0.15, 0.2) is 16.5 Å². The number of nitriles is 1. The normalized spacial score (nSPS) is 19.5. The molecule has 17 heavy (non-hydrogen) atoms. The molecule has 0 unspecified atom stereocenters. The summed E-state index contributed by atoms with van der Waals surface area (Å²) in [5.74, 6) is 4.14. The molecule has 0 saturated heterocycles. The first-order chi connectivity index (χ1) is 8.36. The van der Waals surface area contributed by atoms with E-state index >= 15 is 0 Å². The van der Waals surface area contributed by atoms with Gasteiger partial charge in [-0.2, -0.15) is 5.26 Å². The average Bonchev–Trinajstić information content (AvgIpc) is 3.25. The van der Waals surface area contributed by atoms with Crippen LogP contribution in [0.1, 0.15) is 37.2 Å². The van der Waals surface area contributed by atoms with Crippen molar-refractivity contribution in [2.45, 2.75) is 32.2 Å². The molecule has 2 fully saturated rings. The molecule has 0 spiro atoms. The first kappa shape index (κ1) is 10.9. The van der Waals surface area contributed by atoms with Gasteiger partial charge in [-0.25, -0.2) is 0 Å². The standard InChI is InChI=1S/C14H18N2O/c15-7-12-5-6-13(17-12)8-16-9-14(10-1-2-10)11-3-4-11/h5-6,10-11,14,16H,1-4,8-9H2. The second-order valence-corrected chi connectivity index (χ2v) is 5.35. The smallest absolute Gasteiger partial charge is 0.203 e. The largest absolute Gasteiger partial charge is 0.449 e. The lowest BCUT2D eigenvalue weighted by atomic mass is 9.98. The van der Waals surface area contributed by atoms with Crippen molar-refractivity contribution in [3.8, 4) is 6.07 Å². The van der Waals surface area contributed by atoms with Crippen LogP contribution in [0.2, 0.25) is 0 Å². The van der Waals surface area contributed by atoms with E-state index in [2.05, 4.69) is 5.32 Å². The highest BCUT2D eigenvalue weighted by atomic mass is 16.3. The Morgan fingerprint density at radius 3 is 2.53 bits per heavy atom. The molecular weight excluding hydrogens is 212 g/mol. The molecule has 2 saturated carbocycles. The molecule has 3 heteroatoms. The van der Waals surface area contributed by atoms with Gasteiger partial charge in [-0.05, 0) is 62.1 Å². The molecule has 90 valence electrons. The molecule has 1 aromatic heterocycles. The minimum Gasteiger partial charge on any atom is -0.449 e. The second-order valence-electron chi connectivity index (χ2n) is 5.35. The van der Waals surface area contributed by atoms with Crippen molar-refractivity contribution in [3.05, 3.63) is 23.7 Å². The molecule has 1 aromatic rings. The van der Waals surface area contributed by atoms with Crippen molar-refractivity contribution in [2.24, 2.45) is 17.8 Å². The summed E-state index contributed by atoms with van der Waals surface area (Å²) in [6.07, 6.45) is 5.73. The third kappa shape index (κ3) is 2.70. The van der Waals surface area contributed by atoms with Gasteiger partial charge in [-0.15, -0.1) is 0 Å². The lowest BCUT2D eigenvalue weighted by molar-refractivity contribution is 0.367. The van der Waals surface area contributed by atoms with Crippen molar-refractivity contribution < 1.29 is 4.42 Å². The highest BCUT2D eigenvalue weighted by Crippen LogP contribution is 2.48. The molecule has 0 aliphatic heterocycles. The Bertz CT molecular complexity index is 412. The third-order valence-electron chi connectivity index (χ3n) is 3.91. The average molecular weight is 230 g/mol. The van der Waals surface area contributed by atoms with Gasteiger partial charge in [0.15, 0.2) is 0 Å². The lowest BCUT2D eigenvalue weighted by Crippen LogP contribution is -2.25. The fourth-order valence-electron chi connectivity index (χ4n) is 2.66. The molecule has 0 bridgehead atoms. The van der Waals surface area contributed by atoms with E-state index in [1.165, 1.54) is 25.7 Å². The van der Waals surface area contributed by atoms with Crippen LogP contribution in [0.3, 0.4) is 0 Å². The van der Waals surface area contributed by atoms with Crippen LogP contribution >= 0.6 is 0 Å². The van der Waals surface area contributed by atoms with E-state index in [-0.39, 0.29) is 0 Å². The Morgan fingerprint density at radius 1 is 1.29 bits per heavy atom. The molecule has 1 heterocycles. The maximum atomic E-state index is 8.66. The van der Waals surface area contributed by atoms with Crippen LogP contribution < -0.4 is 5.32 Å². The molecule has 1 N–H and O–H groups in total. The quantitative estimate of drug-likeness (QED) is 0.817. The van der Waals surface area contributed by atoms with E-state index in [1.54, 1.807) is 6.07 Å². The van der Waals surface area contributed by atoms with Crippen molar-refractivity contribution in [1.82, 2.24) is 5.32 Å². The van der Waals surface area contributed by atoms with Crippen LogP contribution in [0, 0.1) is 29.1 Å². The summed E-state index contributed by atoms with van der Waals surface area (Å²) in [7, 11) is 0. The van der Waals surface area contributed by atoms with Crippen LogP contribution in [0.4, 0.5) is 0 Å². The van der Waals surface area contributed by atoms with Crippen LogP contribution in [-0.4, -0.2) is 6.54 Å². The van der Waals surface area contributed by atoms with Crippen molar-refractivity contribution in [3.63, 3.8) is 0 Å². The van der Waals surface area contributed by atoms with Crippen LogP contribution in [0.5, 0.6) is 0 Å². The van der Waals surface area contributed by atoms with E-state index in [1.807, 2.05) is 12.1 Å². The number of hydrogen-bond donors (Lipinski definition) is 1. The van der Waals surface area contributed by atoms with Gasteiger partial charge in [-0.3, -0.25) is 0 Å². The zero-order chi connectivity index (χ0) is 11.7. The minimum absolute atomic E-state index is 0.405. The summed E-state index contributed by atoms with van der Waals surface area (Å²) in [4.78, 5) is 0. The fraction of sp³-hybridized carbons (Fsp3) is 0.643. The maximum absolute atomic E-state index is 8.66. The van der Waals surface area contributed by atoms with Gasteiger partial charge < -0.3 is 9.73 Å². The van der Waals surface area contributed by atoms with Gasteiger partial charge in [0.05, 0.1) is 6.54 Å². The summed E-state index contributed by atoms with van der Waals surface area (Å²) >= 11 is 0. The van der Waals surface area contributed by atoms with E-state index in [0.29, 0.717) is 5.76 Å². The van der Waals surface area contributed by atoms with Gasteiger partial charge in [0, 0.05) is 0 Å². The minimum atomic E-state index is 0.405. The first-order valence-electron chi connectivity index (χ1n) is 6.56. The van der Waals surface area contributed by atoms with Crippen LogP contribution in [-0.2, 0) is 6.54 Å². The molecule has 3 nitrogen and oxygen atoms in total. The van der Waals surface area contributed by atoms with Gasteiger partial charge in [0.25, 0.3) is 0 Å². The van der Waals surface area contributed by atoms with Crippen molar-refractivity contribution in [1.29, 1.82) is 5.26 Å². The third-order valence-corrected chi connectivity index (χ3v) is 3.91.